The molecule has 142 valence electrons. The first-order valence-corrected chi connectivity index (χ1v) is 10.4. The summed E-state index contributed by atoms with van der Waals surface area (Å²) in [6, 6.07) is 12.3. The van der Waals surface area contributed by atoms with Crippen molar-refractivity contribution in [3.05, 3.63) is 70.0 Å². The molecule has 1 aromatic carbocycles. The van der Waals surface area contributed by atoms with Gasteiger partial charge in [0.2, 0.25) is 0 Å². The summed E-state index contributed by atoms with van der Waals surface area (Å²) in [5, 5.41) is 7.06. The van der Waals surface area contributed by atoms with Crippen LogP contribution in [-0.4, -0.2) is 38.2 Å². The number of nitrogens with one attached hydrogen (secondary N) is 2. The maximum atomic E-state index is 12.9. The zero-order chi connectivity index (χ0) is 19.1. The Labute approximate surface area is 166 Å². The Balaban J connectivity index is 1.64. The summed E-state index contributed by atoms with van der Waals surface area (Å²) in [5.41, 5.74) is 3.84. The zero-order valence-corrected chi connectivity index (χ0v) is 16.4. The van der Waals surface area contributed by atoms with E-state index >= 15 is 0 Å². The minimum Gasteiger partial charge on any atom is -0.308 e. The van der Waals surface area contributed by atoms with Crippen LogP contribution in [0.1, 0.15) is 36.0 Å². The fraction of sp³-hybridized carbons (Fsp3) is 0.286. The Kier molecular flexibility index (Phi) is 4.33. The standard InChI is InChI=1S/C21H21N5OS/c1-13-15(12-22-25-13)17-11-16-19(28-17)21(27)24-20(23-16)18(26-9-5-6-10-26)14-7-3-2-4-8-14/h2-4,7-8,11-12,18H,5-6,9-10H2,1H3,(H,22,25)(H,23,24,27). The lowest BCUT2D eigenvalue weighted by molar-refractivity contribution is 0.271. The van der Waals surface area contributed by atoms with Crippen molar-refractivity contribution in [3.63, 3.8) is 0 Å². The van der Waals surface area contributed by atoms with Gasteiger partial charge in [-0.1, -0.05) is 30.3 Å². The molecule has 3 aromatic heterocycles. The number of H-pyrrole nitrogens is 2. The van der Waals surface area contributed by atoms with Crippen molar-refractivity contribution < 1.29 is 0 Å². The Morgan fingerprint density at radius 2 is 1.96 bits per heavy atom. The number of fused-ring (bicyclic) bond motifs is 1. The van der Waals surface area contributed by atoms with Crippen LogP contribution >= 0.6 is 11.3 Å². The maximum absolute atomic E-state index is 12.9. The molecule has 6 nitrogen and oxygen atoms in total. The van der Waals surface area contributed by atoms with E-state index in [1.807, 2.05) is 31.2 Å². The van der Waals surface area contributed by atoms with Gasteiger partial charge in [-0.05, 0) is 44.5 Å². The van der Waals surface area contributed by atoms with Crippen LogP contribution < -0.4 is 5.56 Å². The molecule has 1 aliphatic rings. The van der Waals surface area contributed by atoms with E-state index in [1.54, 1.807) is 6.20 Å². The van der Waals surface area contributed by atoms with Crippen LogP contribution in [0.15, 0.2) is 47.4 Å². The maximum Gasteiger partial charge on any atom is 0.268 e. The molecule has 0 amide bonds. The second-order valence-electron chi connectivity index (χ2n) is 7.24. The SMILES string of the molecule is Cc1[nH]ncc1-c1cc2nc(C(c3ccccc3)N3CCCC3)[nH]c(=O)c2s1. The predicted molar refractivity (Wildman–Crippen MR) is 112 cm³/mol. The van der Waals surface area contributed by atoms with Gasteiger partial charge < -0.3 is 4.98 Å². The molecule has 4 aromatic rings. The summed E-state index contributed by atoms with van der Waals surface area (Å²) in [5.74, 6) is 0.721. The zero-order valence-electron chi connectivity index (χ0n) is 15.6. The molecule has 1 atom stereocenters. The highest BCUT2D eigenvalue weighted by molar-refractivity contribution is 7.22. The summed E-state index contributed by atoms with van der Waals surface area (Å²) in [7, 11) is 0. The molecule has 0 aliphatic carbocycles. The van der Waals surface area contributed by atoms with Gasteiger partial charge in [-0.25, -0.2) is 4.98 Å². The average molecular weight is 392 g/mol. The molecule has 7 heteroatoms. The molecule has 1 saturated heterocycles. The van der Waals surface area contributed by atoms with Crippen molar-refractivity contribution >= 4 is 21.6 Å². The molecule has 1 unspecified atom stereocenters. The number of benzene rings is 1. The van der Waals surface area contributed by atoms with Crippen molar-refractivity contribution in [2.45, 2.75) is 25.8 Å². The first-order valence-electron chi connectivity index (χ1n) is 9.54. The summed E-state index contributed by atoms with van der Waals surface area (Å²) in [4.78, 5) is 24.3. The van der Waals surface area contributed by atoms with Gasteiger partial charge in [0.25, 0.3) is 5.56 Å². The third-order valence-electron chi connectivity index (χ3n) is 5.38. The van der Waals surface area contributed by atoms with Crippen LogP contribution in [0.25, 0.3) is 20.7 Å². The Bertz CT molecular complexity index is 1170. The van der Waals surface area contributed by atoms with E-state index in [-0.39, 0.29) is 11.6 Å². The highest BCUT2D eigenvalue weighted by Gasteiger charge is 2.27. The van der Waals surface area contributed by atoms with E-state index in [9.17, 15) is 4.79 Å². The van der Waals surface area contributed by atoms with Gasteiger partial charge in [-0.2, -0.15) is 5.10 Å². The molecule has 5 rings (SSSR count). The average Bonchev–Trinajstić information content (AvgIpc) is 3.44. The Morgan fingerprint density at radius 3 is 2.68 bits per heavy atom. The van der Waals surface area contributed by atoms with E-state index in [4.69, 9.17) is 4.98 Å². The van der Waals surface area contributed by atoms with Crippen LogP contribution in [0.4, 0.5) is 0 Å². The number of hydrogen-bond donors (Lipinski definition) is 2. The molecule has 1 aliphatic heterocycles. The fourth-order valence-corrected chi connectivity index (χ4v) is 5.06. The number of rotatable bonds is 4. The molecule has 0 saturated carbocycles. The number of aryl methyl sites for hydroxylation is 1. The van der Waals surface area contributed by atoms with Crippen LogP contribution in [0.5, 0.6) is 0 Å². The second-order valence-corrected chi connectivity index (χ2v) is 8.29. The van der Waals surface area contributed by atoms with E-state index < -0.39 is 0 Å². The summed E-state index contributed by atoms with van der Waals surface area (Å²) in [6.45, 7) is 4.02. The molecule has 0 bridgehead atoms. The molecule has 0 radical (unpaired) electrons. The van der Waals surface area contributed by atoms with Crippen molar-refractivity contribution in [1.82, 2.24) is 25.1 Å². The van der Waals surface area contributed by atoms with Crippen LogP contribution in [0, 0.1) is 6.92 Å². The summed E-state index contributed by atoms with van der Waals surface area (Å²) in [6.07, 6.45) is 4.16. The third-order valence-corrected chi connectivity index (χ3v) is 6.53. The normalized spacial score (nSPS) is 16.0. The highest BCUT2D eigenvalue weighted by Crippen LogP contribution is 2.34. The van der Waals surface area contributed by atoms with Gasteiger partial charge in [0.05, 0.1) is 17.8 Å². The van der Waals surface area contributed by atoms with Crippen molar-refractivity contribution in [2.75, 3.05) is 13.1 Å². The first kappa shape index (κ1) is 17.3. The minimum atomic E-state index is -0.0717. The molecule has 1 fully saturated rings. The van der Waals surface area contributed by atoms with Crippen LogP contribution in [-0.2, 0) is 0 Å². The molecule has 2 N–H and O–H groups in total. The Morgan fingerprint density at radius 1 is 1.18 bits per heavy atom. The molecule has 0 spiro atoms. The van der Waals surface area contributed by atoms with Gasteiger partial charge in [0.1, 0.15) is 10.5 Å². The molecule has 28 heavy (non-hydrogen) atoms. The quantitative estimate of drug-likeness (QED) is 0.554. The lowest BCUT2D eigenvalue weighted by Gasteiger charge is -2.27. The first-order chi connectivity index (χ1) is 13.7. The second kappa shape index (κ2) is 7.00. The van der Waals surface area contributed by atoms with Crippen LogP contribution in [0.2, 0.25) is 0 Å². The number of thiophene rings is 1. The Hall–Kier alpha value is -2.77. The van der Waals surface area contributed by atoms with Gasteiger partial charge in [-0.15, -0.1) is 11.3 Å². The highest BCUT2D eigenvalue weighted by atomic mass is 32.1. The van der Waals surface area contributed by atoms with E-state index in [1.165, 1.54) is 24.2 Å². The van der Waals surface area contributed by atoms with Gasteiger partial charge >= 0.3 is 0 Å². The van der Waals surface area contributed by atoms with Crippen molar-refractivity contribution in [1.29, 1.82) is 0 Å². The number of aromatic amines is 2. The largest absolute Gasteiger partial charge is 0.308 e. The van der Waals surface area contributed by atoms with Gasteiger partial charge in [-0.3, -0.25) is 14.8 Å². The van der Waals surface area contributed by atoms with Crippen LogP contribution in [0.3, 0.4) is 0 Å². The predicted octanol–water partition coefficient (Wildman–Crippen LogP) is 3.87. The topological polar surface area (TPSA) is 77.7 Å². The number of nitrogens with zero attached hydrogens (tertiary/aromatic N) is 3. The third kappa shape index (κ3) is 2.96. The lowest BCUT2D eigenvalue weighted by Crippen LogP contribution is -2.29. The van der Waals surface area contributed by atoms with E-state index in [2.05, 4.69) is 32.2 Å². The monoisotopic (exact) mass is 391 g/mol. The van der Waals surface area contributed by atoms with Crippen molar-refractivity contribution in [3.8, 4) is 10.4 Å². The van der Waals surface area contributed by atoms with Gasteiger partial charge in [0.15, 0.2) is 0 Å². The summed E-state index contributed by atoms with van der Waals surface area (Å²) < 4.78 is 0.660. The minimum absolute atomic E-state index is 0.0280. The van der Waals surface area contributed by atoms with E-state index in [0.717, 1.165) is 46.1 Å². The van der Waals surface area contributed by atoms with Crippen molar-refractivity contribution in [2.24, 2.45) is 0 Å². The fourth-order valence-electron chi connectivity index (χ4n) is 4.00. The summed E-state index contributed by atoms with van der Waals surface area (Å²) >= 11 is 1.46. The number of likely N-dealkylation sites (tertiary alicyclic amines) is 1. The number of hydrogen-bond acceptors (Lipinski definition) is 5. The lowest BCUT2D eigenvalue weighted by atomic mass is 10.0. The molecular weight excluding hydrogens is 370 g/mol. The van der Waals surface area contributed by atoms with Gasteiger partial charge in [0, 0.05) is 16.1 Å². The smallest absolute Gasteiger partial charge is 0.268 e. The van der Waals surface area contributed by atoms with E-state index in [0.29, 0.717) is 4.70 Å². The number of aromatic nitrogens is 4. The molecular formula is C21H21N5OS. The molecule has 4 heterocycles.